The Morgan fingerprint density at radius 3 is 2.87 bits per heavy atom. The molecule has 2 aromatic rings. The first kappa shape index (κ1) is 9.67. The van der Waals surface area contributed by atoms with E-state index < -0.39 is 0 Å². The third-order valence-electron chi connectivity index (χ3n) is 1.82. The van der Waals surface area contributed by atoms with Crippen molar-refractivity contribution >= 4 is 28.3 Å². The number of benzene rings is 1. The minimum Gasteiger partial charge on any atom is -0.437 e. The topological polar surface area (TPSA) is 63.5 Å². The molecule has 4 nitrogen and oxygen atoms in total. The fourth-order valence-corrected chi connectivity index (χ4v) is 1.23. The van der Waals surface area contributed by atoms with Crippen LogP contribution >= 0.6 is 12.2 Å². The number of nitrogens with one attached hydrogen (secondary N) is 1. The highest BCUT2D eigenvalue weighted by atomic mass is 32.1. The zero-order valence-corrected chi connectivity index (χ0v) is 8.62. The molecule has 0 atom stereocenters. The molecule has 0 saturated heterocycles. The van der Waals surface area contributed by atoms with E-state index >= 15 is 0 Å². The van der Waals surface area contributed by atoms with Crippen molar-refractivity contribution in [3.8, 4) is 0 Å². The standard InChI is InChI=1S/C10H9N3OS/c11-10(15)13-12-9-6-5-7-3-1-2-4-8(7)14-9/h1-6H,(H3,11,13,15). The normalized spacial score (nSPS) is 11.6. The summed E-state index contributed by atoms with van der Waals surface area (Å²) in [5.41, 5.74) is 8.90. The maximum Gasteiger partial charge on any atom is 0.236 e. The molecule has 0 aliphatic heterocycles. The summed E-state index contributed by atoms with van der Waals surface area (Å²) in [6.45, 7) is 0. The lowest BCUT2D eigenvalue weighted by Crippen LogP contribution is -2.26. The number of fused-ring (bicyclic) bond motifs is 1. The summed E-state index contributed by atoms with van der Waals surface area (Å²) in [6.07, 6.45) is 0. The molecule has 2 rings (SSSR count). The third kappa shape index (κ3) is 2.32. The average molecular weight is 219 g/mol. The van der Waals surface area contributed by atoms with Gasteiger partial charge in [0.15, 0.2) is 5.11 Å². The van der Waals surface area contributed by atoms with Crippen LogP contribution in [-0.2, 0) is 0 Å². The molecule has 0 aliphatic carbocycles. The Kier molecular flexibility index (Phi) is 2.64. The van der Waals surface area contributed by atoms with Crippen LogP contribution in [0.15, 0.2) is 45.9 Å². The van der Waals surface area contributed by atoms with Crippen LogP contribution in [0, 0.1) is 0 Å². The molecule has 5 heteroatoms. The van der Waals surface area contributed by atoms with Crippen LogP contribution in [0.5, 0.6) is 0 Å². The Morgan fingerprint density at radius 1 is 1.27 bits per heavy atom. The summed E-state index contributed by atoms with van der Waals surface area (Å²) >= 11 is 4.62. The van der Waals surface area contributed by atoms with Gasteiger partial charge in [-0.1, -0.05) is 18.2 Å². The molecule has 0 bridgehead atoms. The van der Waals surface area contributed by atoms with E-state index in [1.54, 1.807) is 6.07 Å². The Labute approximate surface area is 91.4 Å². The molecule has 1 aromatic carbocycles. The highest BCUT2D eigenvalue weighted by Gasteiger charge is 1.92. The van der Waals surface area contributed by atoms with Crippen molar-refractivity contribution in [1.29, 1.82) is 0 Å². The van der Waals surface area contributed by atoms with E-state index in [-0.39, 0.29) is 5.11 Å². The van der Waals surface area contributed by atoms with Gasteiger partial charge in [0.05, 0.1) is 0 Å². The van der Waals surface area contributed by atoms with Crippen molar-refractivity contribution in [3.05, 3.63) is 42.0 Å². The summed E-state index contributed by atoms with van der Waals surface area (Å²) in [7, 11) is 0. The van der Waals surface area contributed by atoms with Crippen LogP contribution in [0.4, 0.5) is 0 Å². The van der Waals surface area contributed by atoms with E-state index in [2.05, 4.69) is 22.7 Å². The molecule has 0 aliphatic rings. The van der Waals surface area contributed by atoms with E-state index in [1.165, 1.54) is 0 Å². The number of thiocarbonyl (C=S) groups is 1. The van der Waals surface area contributed by atoms with E-state index in [0.29, 0.717) is 5.55 Å². The lowest BCUT2D eigenvalue weighted by Gasteiger charge is -1.96. The molecule has 0 spiro atoms. The molecule has 0 amide bonds. The van der Waals surface area contributed by atoms with E-state index in [0.717, 1.165) is 11.0 Å². The first-order valence-electron chi connectivity index (χ1n) is 4.34. The summed E-state index contributed by atoms with van der Waals surface area (Å²) in [5.74, 6) is 0. The Hall–Kier alpha value is -1.88. The number of hydrogen-bond donors (Lipinski definition) is 2. The zero-order valence-electron chi connectivity index (χ0n) is 7.81. The van der Waals surface area contributed by atoms with Crippen molar-refractivity contribution in [2.75, 3.05) is 0 Å². The minimum absolute atomic E-state index is 0.110. The molecule has 0 saturated carbocycles. The predicted molar refractivity (Wildman–Crippen MR) is 61.7 cm³/mol. The fraction of sp³-hybridized carbons (Fsp3) is 0. The number of rotatable bonds is 1. The quantitative estimate of drug-likeness (QED) is 0.556. The highest BCUT2D eigenvalue weighted by molar-refractivity contribution is 7.80. The van der Waals surface area contributed by atoms with Gasteiger partial charge < -0.3 is 10.2 Å². The summed E-state index contributed by atoms with van der Waals surface area (Å²) in [6, 6.07) is 11.3. The molecule has 76 valence electrons. The Balaban J connectivity index is 2.47. The molecule has 3 N–H and O–H groups in total. The minimum atomic E-state index is 0.110. The number of hydrogen-bond acceptors (Lipinski definition) is 3. The van der Waals surface area contributed by atoms with Gasteiger partial charge in [-0.05, 0) is 24.4 Å². The van der Waals surface area contributed by atoms with Gasteiger partial charge in [-0.2, -0.15) is 0 Å². The second-order valence-corrected chi connectivity index (χ2v) is 3.34. The van der Waals surface area contributed by atoms with Crippen molar-refractivity contribution < 1.29 is 4.42 Å². The monoisotopic (exact) mass is 219 g/mol. The second-order valence-electron chi connectivity index (χ2n) is 2.90. The van der Waals surface area contributed by atoms with Gasteiger partial charge in [-0.25, -0.2) is 0 Å². The number of nitrogens with zero attached hydrogens (tertiary/aromatic N) is 1. The molecule has 1 heterocycles. The number of nitrogens with two attached hydrogens (primary N) is 1. The van der Waals surface area contributed by atoms with E-state index in [4.69, 9.17) is 10.2 Å². The molecule has 0 unspecified atom stereocenters. The van der Waals surface area contributed by atoms with Crippen molar-refractivity contribution in [2.24, 2.45) is 10.8 Å². The summed E-state index contributed by atoms with van der Waals surface area (Å²) in [5, 5.41) is 5.00. The molecule has 15 heavy (non-hydrogen) atoms. The zero-order chi connectivity index (χ0) is 10.7. The van der Waals surface area contributed by atoms with Crippen LogP contribution in [0.2, 0.25) is 0 Å². The molecule has 0 fully saturated rings. The van der Waals surface area contributed by atoms with Gasteiger partial charge in [-0.3, -0.25) is 5.43 Å². The van der Waals surface area contributed by atoms with Gasteiger partial charge in [-0.15, -0.1) is 5.10 Å². The van der Waals surface area contributed by atoms with Crippen LogP contribution < -0.4 is 16.7 Å². The predicted octanol–water partition coefficient (Wildman–Crippen LogP) is 1.08. The van der Waals surface area contributed by atoms with Crippen molar-refractivity contribution in [2.45, 2.75) is 0 Å². The Bertz CT molecular complexity index is 562. The van der Waals surface area contributed by atoms with E-state index in [9.17, 15) is 0 Å². The highest BCUT2D eigenvalue weighted by Crippen LogP contribution is 2.09. The average Bonchev–Trinajstić information content (AvgIpc) is 2.26. The summed E-state index contributed by atoms with van der Waals surface area (Å²) < 4.78 is 5.47. The second kappa shape index (κ2) is 4.10. The van der Waals surface area contributed by atoms with Gasteiger partial charge in [0, 0.05) is 11.5 Å². The van der Waals surface area contributed by atoms with Crippen molar-refractivity contribution in [3.63, 3.8) is 0 Å². The Morgan fingerprint density at radius 2 is 2.07 bits per heavy atom. The van der Waals surface area contributed by atoms with Gasteiger partial charge in [0.2, 0.25) is 5.55 Å². The smallest absolute Gasteiger partial charge is 0.236 e. The third-order valence-corrected chi connectivity index (χ3v) is 1.91. The van der Waals surface area contributed by atoms with Crippen LogP contribution in [0.1, 0.15) is 0 Å². The maximum absolute atomic E-state index is 5.47. The van der Waals surface area contributed by atoms with Gasteiger partial charge in [0.25, 0.3) is 0 Å². The molecule has 0 radical (unpaired) electrons. The van der Waals surface area contributed by atoms with Gasteiger partial charge >= 0.3 is 0 Å². The maximum atomic E-state index is 5.47. The fourth-order valence-electron chi connectivity index (χ4n) is 1.19. The largest absolute Gasteiger partial charge is 0.437 e. The molecule has 1 aromatic heterocycles. The molecular weight excluding hydrogens is 210 g/mol. The van der Waals surface area contributed by atoms with E-state index in [1.807, 2.05) is 30.3 Å². The van der Waals surface area contributed by atoms with Crippen LogP contribution in [-0.4, -0.2) is 5.11 Å². The first-order valence-corrected chi connectivity index (χ1v) is 4.74. The van der Waals surface area contributed by atoms with Crippen LogP contribution in [0.25, 0.3) is 11.0 Å². The first-order chi connectivity index (χ1) is 7.25. The van der Waals surface area contributed by atoms with Crippen LogP contribution in [0.3, 0.4) is 0 Å². The summed E-state index contributed by atoms with van der Waals surface area (Å²) in [4.78, 5) is 0. The van der Waals surface area contributed by atoms with Crippen molar-refractivity contribution in [1.82, 2.24) is 5.43 Å². The molecular formula is C10H9N3OS. The lowest BCUT2D eigenvalue weighted by molar-refractivity contribution is 0.530. The van der Waals surface area contributed by atoms with Gasteiger partial charge in [0.1, 0.15) is 5.58 Å². The SMILES string of the molecule is NC(=S)NN=c1ccc2ccccc2o1. The lowest BCUT2D eigenvalue weighted by atomic mass is 10.2. The number of para-hydroxylation sites is 1.